The number of thiophene rings is 1. The third-order valence-electron chi connectivity index (χ3n) is 20.4. The molecule has 0 aliphatic heterocycles. The van der Waals surface area contributed by atoms with Gasteiger partial charge in [-0.05, 0) is 264 Å². The molecule has 542 valence electrons. The van der Waals surface area contributed by atoms with E-state index in [2.05, 4.69) is 414 Å². The SMILES string of the molecule is Cc1ccc(C)c2ccccc12.Cc1ccc2cc(C)ccc2c1.Cc1ccc2oc3ccc(C)cc3c2c1.Cc1ccc2sc3ccc(C)cc3c2c1.Cc1cccc(-c2ccccc2C)c1.Cc1cccc(C)c1-c1ccccc1.Cc1cccc2c(C)cccc12.Cc1cccc2c1oc1c(C)cccc12. The summed E-state index contributed by atoms with van der Waals surface area (Å²) in [6, 6.07) is 112. The van der Waals surface area contributed by atoms with Crippen molar-refractivity contribution in [2.75, 3.05) is 0 Å². The Kier molecular flexibility index (Phi) is 24.8. The van der Waals surface area contributed by atoms with Gasteiger partial charge in [0.05, 0.1) is 0 Å². The highest BCUT2D eigenvalue weighted by Crippen LogP contribution is 2.37. The van der Waals surface area contributed by atoms with Crippen LogP contribution in [0.25, 0.3) is 119 Å². The van der Waals surface area contributed by atoms with Crippen molar-refractivity contribution < 1.29 is 8.83 Å². The van der Waals surface area contributed by atoms with Crippen molar-refractivity contribution in [2.45, 2.75) is 111 Å². The summed E-state index contributed by atoms with van der Waals surface area (Å²) in [5.74, 6) is 0. The summed E-state index contributed by atoms with van der Waals surface area (Å²) < 4.78 is 14.5. The number of rotatable bonds is 2. The first-order valence-electron chi connectivity index (χ1n) is 37.9. The van der Waals surface area contributed by atoms with E-state index >= 15 is 0 Å². The fraction of sp³-hybridized carbons (Fsp3) is 0.151. The zero-order chi connectivity index (χ0) is 76.8. The maximum absolute atomic E-state index is 5.91. The lowest BCUT2D eigenvalue weighted by molar-refractivity contribution is 0.662. The van der Waals surface area contributed by atoms with E-state index in [1.807, 2.05) is 23.5 Å². The molecule has 109 heavy (non-hydrogen) atoms. The fourth-order valence-electron chi connectivity index (χ4n) is 14.4. The Morgan fingerprint density at radius 3 is 0.991 bits per heavy atom. The molecule has 0 amide bonds. The lowest BCUT2D eigenvalue weighted by Crippen LogP contribution is -1.86. The third-order valence-corrected chi connectivity index (χ3v) is 21.5. The zero-order valence-electron chi connectivity index (χ0n) is 66.2. The van der Waals surface area contributed by atoms with Crippen molar-refractivity contribution in [3.63, 3.8) is 0 Å². The van der Waals surface area contributed by atoms with Gasteiger partial charge in [-0.25, -0.2) is 0 Å². The maximum Gasteiger partial charge on any atom is 0.138 e. The largest absolute Gasteiger partial charge is 0.456 e. The van der Waals surface area contributed by atoms with E-state index in [-0.39, 0.29) is 0 Å². The molecule has 16 aromatic carbocycles. The highest BCUT2D eigenvalue weighted by Gasteiger charge is 2.12. The molecule has 19 aromatic rings. The third kappa shape index (κ3) is 18.7. The summed E-state index contributed by atoms with van der Waals surface area (Å²) in [7, 11) is 0. The van der Waals surface area contributed by atoms with Crippen molar-refractivity contribution >= 4 is 108 Å². The zero-order valence-corrected chi connectivity index (χ0v) is 67.1. The van der Waals surface area contributed by atoms with Crippen molar-refractivity contribution in [3.05, 3.63) is 404 Å². The van der Waals surface area contributed by atoms with Gasteiger partial charge in [-0.15, -0.1) is 11.3 Å². The monoisotopic (exact) mass is 1440 g/mol. The van der Waals surface area contributed by atoms with Crippen molar-refractivity contribution in [3.8, 4) is 22.3 Å². The summed E-state index contributed by atoms with van der Waals surface area (Å²) >= 11 is 1.88. The Bertz CT molecular complexity index is 5900. The van der Waals surface area contributed by atoms with Gasteiger partial charge in [-0.2, -0.15) is 0 Å². The molecule has 0 saturated carbocycles. The molecule has 3 aromatic heterocycles. The average molecular weight is 1440 g/mol. The normalized spacial score (nSPS) is 10.8. The van der Waals surface area contributed by atoms with E-state index in [0.717, 1.165) is 22.3 Å². The first-order chi connectivity index (χ1) is 52.6. The molecule has 2 nitrogen and oxygen atoms in total. The van der Waals surface area contributed by atoms with Crippen LogP contribution in [-0.4, -0.2) is 0 Å². The Balaban J connectivity index is 0.000000116. The van der Waals surface area contributed by atoms with Crippen LogP contribution in [0.2, 0.25) is 0 Å². The number of fused-ring (bicyclic) bond motifs is 12. The van der Waals surface area contributed by atoms with Crippen LogP contribution >= 0.6 is 11.3 Å². The Morgan fingerprint density at radius 1 is 0.193 bits per heavy atom. The van der Waals surface area contributed by atoms with E-state index in [1.54, 1.807) is 0 Å². The topological polar surface area (TPSA) is 26.3 Å². The minimum Gasteiger partial charge on any atom is -0.456 e. The predicted octanol–water partition coefficient (Wildman–Crippen LogP) is 31.4. The van der Waals surface area contributed by atoms with Gasteiger partial charge in [0.2, 0.25) is 0 Å². The van der Waals surface area contributed by atoms with Gasteiger partial charge in [0, 0.05) is 41.7 Å². The van der Waals surface area contributed by atoms with E-state index in [9.17, 15) is 0 Å². The van der Waals surface area contributed by atoms with Crippen molar-refractivity contribution in [1.82, 2.24) is 0 Å². The molecule has 0 aliphatic carbocycles. The van der Waals surface area contributed by atoms with Crippen LogP contribution in [0.3, 0.4) is 0 Å². The average Bonchev–Trinajstić information content (AvgIpc) is 1.63. The standard InChI is InChI=1S/2C14H12O.C14H12S.2C14H14.3C12H12/c1-9-3-5-13-11(7-9)12-8-10(2)4-6-14(12)15-13;1-9-5-3-7-11-12-8-4-6-10(2)14(12)15-13(9)11;1-9-3-5-13-11(7-9)12-8-10(2)4-6-14(12)15-13;1-11-6-5-8-13(10-11)14-9-4-3-7-12(14)2;1-11-7-6-8-12(2)14(11)13-9-4-3-5-10-13;1-9-3-5-12-8-10(2)4-6-11(12)7-9;1-9-5-3-8-12-10(2)6-4-7-11(9)12;1-9-7-8-10(2)12-6-4-3-5-11(9)12/h3*3-8H,1-2H3;2*3-10H,1-2H3;3*3-8H,1-2H3. The first-order valence-corrected chi connectivity index (χ1v) is 38.7. The van der Waals surface area contributed by atoms with E-state index in [0.29, 0.717) is 0 Å². The van der Waals surface area contributed by atoms with E-state index < -0.39 is 0 Å². The van der Waals surface area contributed by atoms with Gasteiger partial charge in [0.15, 0.2) is 0 Å². The summed E-state index contributed by atoms with van der Waals surface area (Å²) in [6.45, 7) is 34.1. The molecule has 0 bridgehead atoms. The van der Waals surface area contributed by atoms with Crippen LogP contribution in [0.4, 0.5) is 0 Å². The minimum absolute atomic E-state index is 0.973. The number of furan rings is 2. The molecule has 0 aliphatic rings. The fourth-order valence-corrected chi connectivity index (χ4v) is 15.5. The maximum atomic E-state index is 5.91. The molecule has 0 saturated heterocycles. The van der Waals surface area contributed by atoms with Gasteiger partial charge in [-0.1, -0.05) is 306 Å². The molecule has 0 radical (unpaired) electrons. The second-order valence-corrected chi connectivity index (χ2v) is 30.5. The van der Waals surface area contributed by atoms with Crippen LogP contribution in [0.5, 0.6) is 0 Å². The highest BCUT2D eigenvalue weighted by molar-refractivity contribution is 7.25. The quantitative estimate of drug-likeness (QED) is 0.172. The first kappa shape index (κ1) is 76.8. The molecule has 0 unspecified atom stereocenters. The molecule has 19 rings (SSSR count). The van der Waals surface area contributed by atoms with Crippen LogP contribution < -0.4 is 0 Å². The Labute approximate surface area is 649 Å². The molecular weight excluding hydrogens is 1340 g/mol. The van der Waals surface area contributed by atoms with Crippen LogP contribution in [0.15, 0.2) is 324 Å². The predicted molar refractivity (Wildman–Crippen MR) is 478 cm³/mol. The molecular formula is C106H100O2S. The van der Waals surface area contributed by atoms with Crippen LogP contribution in [0, 0.1) is 111 Å². The molecule has 0 N–H and O–H groups in total. The number of hydrogen-bond donors (Lipinski definition) is 0. The summed E-state index contributed by atoms with van der Waals surface area (Å²) in [4.78, 5) is 0. The number of aryl methyl sites for hydroxylation is 16. The second-order valence-electron chi connectivity index (χ2n) is 29.4. The van der Waals surface area contributed by atoms with Gasteiger partial charge in [0.25, 0.3) is 0 Å². The van der Waals surface area contributed by atoms with Gasteiger partial charge in [-0.3, -0.25) is 0 Å². The minimum atomic E-state index is 0.973. The highest BCUT2D eigenvalue weighted by atomic mass is 32.1. The second kappa shape index (κ2) is 35.2. The Morgan fingerprint density at radius 2 is 0.523 bits per heavy atom. The van der Waals surface area contributed by atoms with E-state index in [4.69, 9.17) is 8.83 Å². The molecule has 0 spiro atoms. The Hall–Kier alpha value is -11.9. The molecule has 3 heteroatoms. The lowest BCUT2D eigenvalue weighted by Gasteiger charge is -2.09. The van der Waals surface area contributed by atoms with Gasteiger partial charge < -0.3 is 8.83 Å². The van der Waals surface area contributed by atoms with Crippen molar-refractivity contribution in [1.29, 1.82) is 0 Å². The van der Waals surface area contributed by atoms with Crippen molar-refractivity contribution in [2.24, 2.45) is 0 Å². The van der Waals surface area contributed by atoms with E-state index in [1.165, 1.54) is 185 Å². The number of hydrogen-bond acceptors (Lipinski definition) is 3. The molecule has 0 fully saturated rings. The molecule has 0 atom stereocenters. The summed E-state index contributed by atoms with van der Waals surface area (Å²) in [5.41, 5.74) is 30.3. The molecule has 3 heterocycles. The smallest absolute Gasteiger partial charge is 0.138 e. The van der Waals surface area contributed by atoms with Gasteiger partial charge >= 0.3 is 0 Å². The van der Waals surface area contributed by atoms with Crippen LogP contribution in [0.1, 0.15) is 89.0 Å². The van der Waals surface area contributed by atoms with Crippen LogP contribution in [-0.2, 0) is 0 Å². The lowest BCUT2D eigenvalue weighted by atomic mass is 9.96. The number of para-hydroxylation sites is 2. The summed E-state index contributed by atoms with van der Waals surface area (Å²) in [5, 5.41) is 15.8. The summed E-state index contributed by atoms with van der Waals surface area (Å²) in [6.07, 6.45) is 0. The number of benzene rings is 16. The van der Waals surface area contributed by atoms with Gasteiger partial charge in [0.1, 0.15) is 22.3 Å².